The highest BCUT2D eigenvalue weighted by atomic mass is 19.1. The molecule has 0 spiro atoms. The number of aliphatic hydroxyl groups excluding tert-OH is 1. The van der Waals surface area contributed by atoms with Crippen LogP contribution in [0.25, 0.3) is 0 Å². The number of hydrogen-bond acceptors (Lipinski definition) is 2. The van der Waals surface area contributed by atoms with E-state index in [0.29, 0.717) is 0 Å². The Labute approximate surface area is 94.3 Å². The Kier molecular flexibility index (Phi) is 4.43. The number of nitrogens with one attached hydrogen (secondary N) is 1. The maximum Gasteiger partial charge on any atom is 0.254 e. The molecule has 16 heavy (non-hydrogen) atoms. The van der Waals surface area contributed by atoms with E-state index >= 15 is 0 Å². The molecule has 0 aliphatic heterocycles. The summed E-state index contributed by atoms with van der Waals surface area (Å²) in [4.78, 5) is 11.7. The van der Waals surface area contributed by atoms with E-state index in [4.69, 9.17) is 5.11 Å². The predicted molar refractivity (Wildman–Crippen MR) is 59.6 cm³/mol. The highest BCUT2D eigenvalue weighted by Crippen LogP contribution is 2.08. The van der Waals surface area contributed by atoms with Gasteiger partial charge >= 0.3 is 0 Å². The highest BCUT2D eigenvalue weighted by Gasteiger charge is 2.17. The molecule has 0 saturated carbocycles. The summed E-state index contributed by atoms with van der Waals surface area (Å²) in [6, 6.07) is 5.42. The Balaban J connectivity index is 2.76. The molecule has 0 aliphatic rings. The molecule has 0 aliphatic carbocycles. The van der Waals surface area contributed by atoms with E-state index in [2.05, 4.69) is 5.32 Å². The van der Waals surface area contributed by atoms with Gasteiger partial charge in [-0.3, -0.25) is 4.79 Å². The van der Waals surface area contributed by atoms with Crippen LogP contribution in [0.5, 0.6) is 0 Å². The molecule has 0 radical (unpaired) electrons. The lowest BCUT2D eigenvalue weighted by Crippen LogP contribution is -2.41. The van der Waals surface area contributed by atoms with Crippen LogP contribution in [0.15, 0.2) is 24.3 Å². The van der Waals surface area contributed by atoms with Crippen LogP contribution in [-0.4, -0.2) is 23.7 Å². The van der Waals surface area contributed by atoms with Gasteiger partial charge in [0.2, 0.25) is 0 Å². The fourth-order valence-electron chi connectivity index (χ4n) is 1.31. The summed E-state index contributed by atoms with van der Waals surface area (Å²) >= 11 is 0. The van der Waals surface area contributed by atoms with E-state index in [1.54, 1.807) is 6.07 Å². The first-order chi connectivity index (χ1) is 7.56. The van der Waals surface area contributed by atoms with Gasteiger partial charge in [-0.15, -0.1) is 0 Å². The Morgan fingerprint density at radius 2 is 2.06 bits per heavy atom. The summed E-state index contributed by atoms with van der Waals surface area (Å²) in [5.41, 5.74) is 0.00148. The van der Waals surface area contributed by atoms with Gasteiger partial charge in [0.25, 0.3) is 5.91 Å². The third kappa shape index (κ3) is 3.03. The Morgan fingerprint density at radius 1 is 1.44 bits per heavy atom. The number of halogens is 1. The molecule has 1 amide bonds. The van der Waals surface area contributed by atoms with Crippen molar-refractivity contribution in [2.45, 2.75) is 19.9 Å². The van der Waals surface area contributed by atoms with Crippen molar-refractivity contribution in [3.63, 3.8) is 0 Å². The smallest absolute Gasteiger partial charge is 0.254 e. The standard InChI is InChI=1S/C12H16FNO2/c1-8(2)11(7-15)14-12(16)9-5-3-4-6-10(9)13/h3-6,8,11,15H,7H2,1-2H3,(H,14,16)/t11-/m0/s1. The quantitative estimate of drug-likeness (QED) is 0.817. The van der Waals surface area contributed by atoms with Crippen LogP contribution < -0.4 is 5.32 Å². The first kappa shape index (κ1) is 12.6. The van der Waals surface area contributed by atoms with Crippen molar-refractivity contribution in [2.75, 3.05) is 6.61 Å². The van der Waals surface area contributed by atoms with Crippen LogP contribution in [-0.2, 0) is 0 Å². The van der Waals surface area contributed by atoms with Gasteiger partial charge in [-0.2, -0.15) is 0 Å². The molecule has 0 heterocycles. The normalized spacial score (nSPS) is 12.6. The van der Waals surface area contributed by atoms with Gasteiger partial charge < -0.3 is 10.4 Å². The van der Waals surface area contributed by atoms with E-state index < -0.39 is 11.7 Å². The molecule has 1 atom stereocenters. The lowest BCUT2D eigenvalue weighted by molar-refractivity contribution is 0.0893. The second-order valence-electron chi connectivity index (χ2n) is 3.99. The van der Waals surface area contributed by atoms with Crippen molar-refractivity contribution in [3.8, 4) is 0 Å². The number of amides is 1. The third-order valence-corrected chi connectivity index (χ3v) is 2.44. The van der Waals surface area contributed by atoms with E-state index in [9.17, 15) is 9.18 Å². The molecule has 1 rings (SSSR count). The van der Waals surface area contributed by atoms with Crippen LogP contribution >= 0.6 is 0 Å². The summed E-state index contributed by atoms with van der Waals surface area (Å²) in [7, 11) is 0. The number of carbonyl (C=O) groups is 1. The van der Waals surface area contributed by atoms with Crippen molar-refractivity contribution < 1.29 is 14.3 Å². The van der Waals surface area contributed by atoms with E-state index in [1.165, 1.54) is 18.2 Å². The fraction of sp³-hybridized carbons (Fsp3) is 0.417. The average Bonchev–Trinajstić information content (AvgIpc) is 2.25. The van der Waals surface area contributed by atoms with Crippen LogP contribution in [0, 0.1) is 11.7 Å². The minimum absolute atomic E-state index is 0.00148. The SMILES string of the molecule is CC(C)[C@H](CO)NC(=O)c1ccccc1F. The van der Waals surface area contributed by atoms with E-state index in [-0.39, 0.29) is 24.1 Å². The minimum Gasteiger partial charge on any atom is -0.394 e. The third-order valence-electron chi connectivity index (χ3n) is 2.44. The summed E-state index contributed by atoms with van der Waals surface area (Å²) < 4.78 is 13.3. The zero-order valence-electron chi connectivity index (χ0n) is 9.40. The maximum atomic E-state index is 13.3. The summed E-state index contributed by atoms with van der Waals surface area (Å²) in [5, 5.41) is 11.6. The molecule has 0 saturated heterocycles. The highest BCUT2D eigenvalue weighted by molar-refractivity contribution is 5.94. The number of aliphatic hydroxyl groups is 1. The van der Waals surface area contributed by atoms with E-state index in [1.807, 2.05) is 13.8 Å². The molecule has 88 valence electrons. The molecule has 1 aromatic carbocycles. The van der Waals surface area contributed by atoms with Gasteiger partial charge in [0, 0.05) is 0 Å². The second kappa shape index (κ2) is 5.61. The number of hydrogen-bond donors (Lipinski definition) is 2. The molecule has 3 nitrogen and oxygen atoms in total. The van der Waals surface area contributed by atoms with Crippen LogP contribution in [0.4, 0.5) is 4.39 Å². The first-order valence-corrected chi connectivity index (χ1v) is 5.22. The molecule has 4 heteroatoms. The topological polar surface area (TPSA) is 49.3 Å². The molecule has 2 N–H and O–H groups in total. The van der Waals surface area contributed by atoms with Crippen LogP contribution in [0.3, 0.4) is 0 Å². The van der Waals surface area contributed by atoms with Gasteiger partial charge in [0.15, 0.2) is 0 Å². The van der Waals surface area contributed by atoms with Crippen molar-refractivity contribution in [1.82, 2.24) is 5.32 Å². The lowest BCUT2D eigenvalue weighted by atomic mass is 10.0. The lowest BCUT2D eigenvalue weighted by Gasteiger charge is -2.19. The number of rotatable bonds is 4. The molecular weight excluding hydrogens is 209 g/mol. The summed E-state index contributed by atoms with van der Waals surface area (Å²) in [6.07, 6.45) is 0. The van der Waals surface area contributed by atoms with Gasteiger partial charge in [-0.25, -0.2) is 4.39 Å². The minimum atomic E-state index is -0.555. The van der Waals surface area contributed by atoms with Crippen molar-refractivity contribution in [2.24, 2.45) is 5.92 Å². The van der Waals surface area contributed by atoms with Crippen molar-refractivity contribution in [1.29, 1.82) is 0 Å². The van der Waals surface area contributed by atoms with Crippen molar-refractivity contribution >= 4 is 5.91 Å². The number of carbonyl (C=O) groups excluding carboxylic acids is 1. The second-order valence-corrected chi connectivity index (χ2v) is 3.99. The maximum absolute atomic E-state index is 13.3. The van der Waals surface area contributed by atoms with E-state index in [0.717, 1.165) is 0 Å². The Hall–Kier alpha value is -1.42. The molecule has 0 unspecified atom stereocenters. The van der Waals surface area contributed by atoms with Crippen molar-refractivity contribution in [3.05, 3.63) is 35.6 Å². The molecule has 0 fully saturated rings. The molecule has 0 aromatic heterocycles. The monoisotopic (exact) mass is 225 g/mol. The average molecular weight is 225 g/mol. The zero-order valence-corrected chi connectivity index (χ0v) is 9.40. The van der Waals surface area contributed by atoms with Crippen LogP contribution in [0.2, 0.25) is 0 Å². The zero-order chi connectivity index (χ0) is 12.1. The van der Waals surface area contributed by atoms with Gasteiger partial charge in [-0.05, 0) is 18.1 Å². The number of benzene rings is 1. The molecule has 0 bridgehead atoms. The Morgan fingerprint density at radius 3 is 2.56 bits per heavy atom. The molecular formula is C12H16FNO2. The van der Waals surface area contributed by atoms with Gasteiger partial charge in [0.1, 0.15) is 5.82 Å². The van der Waals surface area contributed by atoms with Crippen LogP contribution in [0.1, 0.15) is 24.2 Å². The van der Waals surface area contributed by atoms with Gasteiger partial charge in [0.05, 0.1) is 18.2 Å². The largest absolute Gasteiger partial charge is 0.394 e. The summed E-state index contributed by atoms with van der Waals surface area (Å²) in [5.74, 6) is -0.952. The van der Waals surface area contributed by atoms with Gasteiger partial charge in [-0.1, -0.05) is 26.0 Å². The predicted octanol–water partition coefficient (Wildman–Crippen LogP) is 1.57. The molecule has 1 aromatic rings. The fourth-order valence-corrected chi connectivity index (χ4v) is 1.31. The Bertz CT molecular complexity index is 366. The summed E-state index contributed by atoms with van der Waals surface area (Å²) in [6.45, 7) is 3.60. The first-order valence-electron chi connectivity index (χ1n) is 5.22.